The number of carboxylic acid groups (broad SMARTS) is 1. The third-order valence-electron chi connectivity index (χ3n) is 5.13. The van der Waals surface area contributed by atoms with Crippen molar-refractivity contribution in [3.8, 4) is 0 Å². The molecule has 3 aliphatic rings. The van der Waals surface area contributed by atoms with E-state index in [0.717, 1.165) is 12.8 Å². The summed E-state index contributed by atoms with van der Waals surface area (Å²) in [5, 5.41) is 12.2. The first-order valence-corrected chi connectivity index (χ1v) is 8.99. The van der Waals surface area contributed by atoms with E-state index in [2.05, 4.69) is 10.3 Å². The zero-order valence-electron chi connectivity index (χ0n) is 14.1. The maximum Gasteiger partial charge on any atom is 0.337 e. The fraction of sp³-hybridized carbons (Fsp3) is 0.611. The van der Waals surface area contributed by atoms with Crippen LogP contribution in [0.3, 0.4) is 0 Å². The van der Waals surface area contributed by atoms with Gasteiger partial charge in [-0.25, -0.2) is 9.59 Å². The normalized spacial score (nSPS) is 23.4. The van der Waals surface area contributed by atoms with Crippen LogP contribution < -0.4 is 5.32 Å². The Morgan fingerprint density at radius 3 is 2.76 bits per heavy atom. The molecule has 2 saturated carbocycles. The van der Waals surface area contributed by atoms with Crippen LogP contribution in [0.5, 0.6) is 0 Å². The maximum atomic E-state index is 12.4. The standard InChI is InChI=1S/C18H23N3O4/c22-17(23)14-6-5-13(20-16(14)12-3-4-12)9-19-18(24)21-7-8-25-15(10-21)11-1-2-11/h5-6,11-12,15H,1-4,7-10H2,(H,19,24)(H,22,23). The van der Waals surface area contributed by atoms with E-state index in [4.69, 9.17) is 4.74 Å². The van der Waals surface area contributed by atoms with E-state index in [1.807, 2.05) is 0 Å². The molecule has 1 saturated heterocycles. The van der Waals surface area contributed by atoms with Crippen molar-refractivity contribution in [2.45, 2.75) is 44.2 Å². The molecule has 1 aromatic rings. The molecule has 2 amide bonds. The smallest absolute Gasteiger partial charge is 0.337 e. The van der Waals surface area contributed by atoms with Gasteiger partial charge in [0.15, 0.2) is 0 Å². The van der Waals surface area contributed by atoms with Crippen molar-refractivity contribution in [1.29, 1.82) is 0 Å². The molecule has 1 aromatic heterocycles. The number of urea groups is 1. The first kappa shape index (κ1) is 16.3. The van der Waals surface area contributed by atoms with Crippen molar-refractivity contribution in [2.24, 2.45) is 5.92 Å². The molecule has 25 heavy (non-hydrogen) atoms. The minimum absolute atomic E-state index is 0.106. The van der Waals surface area contributed by atoms with Crippen molar-refractivity contribution in [2.75, 3.05) is 19.7 Å². The van der Waals surface area contributed by atoms with E-state index in [-0.39, 0.29) is 23.6 Å². The van der Waals surface area contributed by atoms with Crippen LogP contribution in [0, 0.1) is 5.92 Å². The highest BCUT2D eigenvalue weighted by molar-refractivity contribution is 5.89. The maximum absolute atomic E-state index is 12.4. The van der Waals surface area contributed by atoms with Crippen LogP contribution in [0.4, 0.5) is 4.79 Å². The van der Waals surface area contributed by atoms with Gasteiger partial charge in [-0.05, 0) is 43.7 Å². The SMILES string of the molecule is O=C(O)c1ccc(CNC(=O)N2CCOC(C3CC3)C2)nc1C1CC1. The summed E-state index contributed by atoms with van der Waals surface area (Å²) in [6, 6.07) is 3.18. The van der Waals surface area contributed by atoms with Gasteiger partial charge < -0.3 is 20.1 Å². The summed E-state index contributed by atoms with van der Waals surface area (Å²) < 4.78 is 5.74. The molecule has 1 unspecified atom stereocenters. The molecular weight excluding hydrogens is 322 g/mol. The number of aromatic nitrogens is 1. The van der Waals surface area contributed by atoms with E-state index < -0.39 is 5.97 Å². The quantitative estimate of drug-likeness (QED) is 0.851. The fourth-order valence-corrected chi connectivity index (χ4v) is 3.36. The van der Waals surface area contributed by atoms with E-state index in [9.17, 15) is 14.7 Å². The average Bonchev–Trinajstić information content (AvgIpc) is 3.50. The van der Waals surface area contributed by atoms with Gasteiger partial charge in [-0.1, -0.05) is 0 Å². The van der Waals surface area contributed by atoms with Gasteiger partial charge >= 0.3 is 12.0 Å². The Morgan fingerprint density at radius 2 is 2.08 bits per heavy atom. The number of ether oxygens (including phenoxy) is 1. The highest BCUT2D eigenvalue weighted by atomic mass is 16.5. The van der Waals surface area contributed by atoms with E-state index >= 15 is 0 Å². The first-order valence-electron chi connectivity index (χ1n) is 8.99. The molecule has 1 aliphatic heterocycles. The van der Waals surface area contributed by atoms with Crippen molar-refractivity contribution in [3.05, 3.63) is 29.1 Å². The molecule has 7 heteroatoms. The Bertz CT molecular complexity index is 685. The van der Waals surface area contributed by atoms with Crippen LogP contribution >= 0.6 is 0 Å². The first-order chi connectivity index (χ1) is 12.1. The number of pyridine rings is 1. The molecule has 2 heterocycles. The monoisotopic (exact) mass is 345 g/mol. The second-order valence-electron chi connectivity index (χ2n) is 7.17. The van der Waals surface area contributed by atoms with Crippen LogP contribution in [-0.2, 0) is 11.3 Å². The number of nitrogens with one attached hydrogen (secondary N) is 1. The summed E-state index contributed by atoms with van der Waals surface area (Å²) in [6.45, 7) is 2.15. The van der Waals surface area contributed by atoms with Crippen LogP contribution in [0.25, 0.3) is 0 Å². The molecule has 1 atom stereocenters. The second-order valence-corrected chi connectivity index (χ2v) is 7.17. The minimum Gasteiger partial charge on any atom is -0.478 e. The Morgan fingerprint density at radius 1 is 1.28 bits per heavy atom. The van der Waals surface area contributed by atoms with Gasteiger partial charge in [0.25, 0.3) is 0 Å². The third-order valence-corrected chi connectivity index (χ3v) is 5.13. The summed E-state index contributed by atoms with van der Waals surface area (Å²) in [4.78, 5) is 30.0. The highest BCUT2D eigenvalue weighted by Crippen LogP contribution is 2.40. The topological polar surface area (TPSA) is 91.8 Å². The lowest BCUT2D eigenvalue weighted by molar-refractivity contribution is -0.0252. The summed E-state index contributed by atoms with van der Waals surface area (Å²) in [7, 11) is 0. The number of morpholine rings is 1. The van der Waals surface area contributed by atoms with Gasteiger partial charge in [0.2, 0.25) is 0 Å². The van der Waals surface area contributed by atoms with Gasteiger partial charge in [0, 0.05) is 19.0 Å². The lowest BCUT2D eigenvalue weighted by atomic mass is 10.1. The number of carbonyl (C=O) groups is 2. The molecule has 0 bridgehead atoms. The van der Waals surface area contributed by atoms with Crippen LogP contribution in [-0.4, -0.2) is 52.8 Å². The fourth-order valence-electron chi connectivity index (χ4n) is 3.36. The van der Waals surface area contributed by atoms with E-state index in [1.165, 1.54) is 12.8 Å². The molecule has 2 N–H and O–H groups in total. The van der Waals surface area contributed by atoms with Crippen molar-refractivity contribution < 1.29 is 19.4 Å². The number of amides is 2. The summed E-state index contributed by atoms with van der Waals surface area (Å²) in [5.41, 5.74) is 1.63. The minimum atomic E-state index is -0.940. The number of rotatable bonds is 5. The number of hydrogen-bond acceptors (Lipinski definition) is 4. The average molecular weight is 345 g/mol. The van der Waals surface area contributed by atoms with E-state index in [0.29, 0.717) is 43.5 Å². The largest absolute Gasteiger partial charge is 0.478 e. The lowest BCUT2D eigenvalue weighted by Crippen LogP contribution is -2.50. The summed E-state index contributed by atoms with van der Waals surface area (Å²) in [5.74, 6) is -0.0772. The molecule has 3 fully saturated rings. The van der Waals surface area contributed by atoms with Gasteiger partial charge in [0.05, 0.1) is 36.2 Å². The Labute approximate surface area is 146 Å². The Kier molecular flexibility index (Phi) is 4.33. The number of carbonyl (C=O) groups excluding carboxylic acids is 1. The van der Waals surface area contributed by atoms with Crippen molar-refractivity contribution in [1.82, 2.24) is 15.2 Å². The summed E-state index contributed by atoms with van der Waals surface area (Å²) >= 11 is 0. The van der Waals surface area contributed by atoms with Crippen molar-refractivity contribution in [3.63, 3.8) is 0 Å². The van der Waals surface area contributed by atoms with Gasteiger partial charge in [0.1, 0.15) is 0 Å². The van der Waals surface area contributed by atoms with Gasteiger partial charge in [-0.15, -0.1) is 0 Å². The third kappa shape index (κ3) is 3.76. The Hall–Kier alpha value is -2.15. The van der Waals surface area contributed by atoms with Crippen LogP contribution in [0.1, 0.15) is 53.3 Å². The Balaban J connectivity index is 1.36. The highest BCUT2D eigenvalue weighted by Gasteiger charge is 2.36. The molecular formula is C18H23N3O4. The summed E-state index contributed by atoms with van der Waals surface area (Å²) in [6.07, 6.45) is 4.54. The molecule has 134 valence electrons. The van der Waals surface area contributed by atoms with Gasteiger partial charge in [-0.2, -0.15) is 0 Å². The predicted octanol–water partition coefficient (Wildman–Crippen LogP) is 1.98. The number of carboxylic acids is 1. The lowest BCUT2D eigenvalue weighted by Gasteiger charge is -2.33. The van der Waals surface area contributed by atoms with Gasteiger partial charge in [-0.3, -0.25) is 4.98 Å². The van der Waals surface area contributed by atoms with Crippen LogP contribution in [0.2, 0.25) is 0 Å². The zero-order valence-corrected chi connectivity index (χ0v) is 14.1. The molecule has 0 radical (unpaired) electrons. The second kappa shape index (κ2) is 6.63. The predicted molar refractivity (Wildman–Crippen MR) is 89.4 cm³/mol. The molecule has 7 nitrogen and oxygen atoms in total. The molecule has 0 spiro atoms. The zero-order chi connectivity index (χ0) is 17.4. The number of hydrogen-bond donors (Lipinski definition) is 2. The number of aromatic carboxylic acids is 1. The number of nitrogens with zero attached hydrogens (tertiary/aromatic N) is 2. The van der Waals surface area contributed by atoms with Crippen molar-refractivity contribution >= 4 is 12.0 Å². The molecule has 4 rings (SSSR count). The molecule has 2 aliphatic carbocycles. The molecule has 0 aromatic carbocycles. The van der Waals surface area contributed by atoms with E-state index in [1.54, 1.807) is 17.0 Å². The van der Waals surface area contributed by atoms with Crippen LogP contribution in [0.15, 0.2) is 12.1 Å².